The highest BCUT2D eigenvalue weighted by molar-refractivity contribution is 5.96. The highest BCUT2D eigenvalue weighted by Gasteiger charge is 2.00. The summed E-state index contributed by atoms with van der Waals surface area (Å²) in [6.07, 6.45) is 1.37. The number of benzene rings is 1. The molecule has 0 saturated carbocycles. The molecule has 0 bridgehead atoms. The Labute approximate surface area is 117 Å². The molecule has 0 fully saturated rings. The van der Waals surface area contributed by atoms with Gasteiger partial charge in [-0.2, -0.15) is 0 Å². The molecule has 1 N–H and O–H groups in total. The zero-order chi connectivity index (χ0) is 14.4. The zero-order valence-electron chi connectivity index (χ0n) is 11.4. The van der Waals surface area contributed by atoms with Crippen LogP contribution in [0.2, 0.25) is 0 Å². The van der Waals surface area contributed by atoms with Crippen LogP contribution in [0.25, 0.3) is 0 Å². The summed E-state index contributed by atoms with van der Waals surface area (Å²) in [4.78, 5) is 9.33. The van der Waals surface area contributed by atoms with E-state index in [1.165, 1.54) is 6.20 Å². The van der Waals surface area contributed by atoms with Crippen molar-refractivity contribution in [2.75, 3.05) is 7.11 Å². The predicted octanol–water partition coefficient (Wildman–Crippen LogP) is 2.74. The first-order valence-corrected chi connectivity index (χ1v) is 6.14. The molecule has 0 aliphatic heterocycles. The van der Waals surface area contributed by atoms with Gasteiger partial charge in [0.15, 0.2) is 0 Å². The van der Waals surface area contributed by atoms with Crippen molar-refractivity contribution in [3.8, 4) is 11.5 Å². The topological polar surface area (TPSA) is 63.9 Å². The van der Waals surface area contributed by atoms with E-state index in [2.05, 4.69) is 10.1 Å². The van der Waals surface area contributed by atoms with Crippen LogP contribution in [0.1, 0.15) is 18.2 Å². The molecule has 2 aromatic rings. The third-order valence-corrected chi connectivity index (χ3v) is 2.71. The van der Waals surface area contributed by atoms with Gasteiger partial charge in [0, 0.05) is 0 Å². The minimum atomic E-state index is 0.126. The number of aromatic hydroxyl groups is 1. The number of hydrogen-bond donors (Lipinski definition) is 1. The molecule has 2 rings (SSSR count). The van der Waals surface area contributed by atoms with Crippen LogP contribution in [0, 0.1) is 0 Å². The average molecular weight is 272 g/mol. The molecule has 5 nitrogen and oxygen atoms in total. The fraction of sp³-hybridized carbons (Fsp3) is 0.200. The predicted molar refractivity (Wildman–Crippen MR) is 75.9 cm³/mol. The van der Waals surface area contributed by atoms with Crippen molar-refractivity contribution in [1.82, 2.24) is 4.98 Å². The van der Waals surface area contributed by atoms with Gasteiger partial charge in [0.2, 0.25) is 0 Å². The lowest BCUT2D eigenvalue weighted by atomic mass is 10.2. The lowest BCUT2D eigenvalue weighted by Gasteiger charge is -2.04. The molecule has 0 aliphatic carbocycles. The van der Waals surface area contributed by atoms with E-state index < -0.39 is 0 Å². The SMILES string of the molecule is COc1ccc(CON=C(C)c2ccc(O)cn2)cc1. The first-order chi connectivity index (χ1) is 9.69. The Hall–Kier alpha value is -2.56. The summed E-state index contributed by atoms with van der Waals surface area (Å²) in [6, 6.07) is 10.8. The van der Waals surface area contributed by atoms with Gasteiger partial charge in [-0.1, -0.05) is 17.3 Å². The highest BCUT2D eigenvalue weighted by atomic mass is 16.6. The summed E-state index contributed by atoms with van der Waals surface area (Å²) in [5.41, 5.74) is 2.32. The van der Waals surface area contributed by atoms with E-state index in [0.29, 0.717) is 18.0 Å². The quantitative estimate of drug-likeness (QED) is 0.671. The number of rotatable bonds is 5. The molecular formula is C15H16N2O3. The molecule has 0 atom stereocenters. The van der Waals surface area contributed by atoms with Gasteiger partial charge in [0.25, 0.3) is 0 Å². The maximum Gasteiger partial charge on any atom is 0.142 e. The van der Waals surface area contributed by atoms with Crippen LogP contribution in [0.3, 0.4) is 0 Å². The molecule has 0 amide bonds. The summed E-state index contributed by atoms with van der Waals surface area (Å²) in [5, 5.41) is 13.2. The Bertz CT molecular complexity index is 577. The van der Waals surface area contributed by atoms with Gasteiger partial charge in [0.1, 0.15) is 23.8 Å². The Morgan fingerprint density at radius 1 is 1.20 bits per heavy atom. The maximum absolute atomic E-state index is 9.16. The Morgan fingerprint density at radius 3 is 2.55 bits per heavy atom. The third kappa shape index (κ3) is 3.71. The first-order valence-electron chi connectivity index (χ1n) is 6.14. The maximum atomic E-state index is 9.16. The summed E-state index contributed by atoms with van der Waals surface area (Å²) >= 11 is 0. The number of aromatic nitrogens is 1. The van der Waals surface area contributed by atoms with Gasteiger partial charge in [-0.25, -0.2) is 0 Å². The van der Waals surface area contributed by atoms with Gasteiger partial charge in [0.05, 0.1) is 19.0 Å². The van der Waals surface area contributed by atoms with Gasteiger partial charge in [-0.15, -0.1) is 0 Å². The van der Waals surface area contributed by atoms with E-state index in [1.807, 2.05) is 24.3 Å². The Kier molecular flexibility index (Phi) is 4.55. The molecule has 104 valence electrons. The minimum absolute atomic E-state index is 0.126. The minimum Gasteiger partial charge on any atom is -0.506 e. The summed E-state index contributed by atoms with van der Waals surface area (Å²) in [5.74, 6) is 0.933. The van der Waals surface area contributed by atoms with Crippen molar-refractivity contribution in [2.45, 2.75) is 13.5 Å². The normalized spacial score (nSPS) is 11.2. The van der Waals surface area contributed by atoms with Crippen molar-refractivity contribution in [1.29, 1.82) is 0 Å². The molecule has 20 heavy (non-hydrogen) atoms. The Balaban J connectivity index is 1.93. The number of nitrogens with zero attached hydrogens (tertiary/aromatic N) is 2. The molecule has 5 heteroatoms. The summed E-state index contributed by atoms with van der Waals surface area (Å²) in [6.45, 7) is 2.17. The molecular weight excluding hydrogens is 256 g/mol. The van der Waals surface area contributed by atoms with Crippen molar-refractivity contribution in [2.24, 2.45) is 5.16 Å². The van der Waals surface area contributed by atoms with Gasteiger partial charge >= 0.3 is 0 Å². The van der Waals surface area contributed by atoms with Crippen LogP contribution in [-0.2, 0) is 11.4 Å². The third-order valence-electron chi connectivity index (χ3n) is 2.71. The molecule has 1 aromatic carbocycles. The van der Waals surface area contributed by atoms with Crippen molar-refractivity contribution in [3.05, 3.63) is 53.9 Å². The number of oxime groups is 1. The largest absolute Gasteiger partial charge is 0.506 e. The standard InChI is InChI=1S/C15H16N2O3/c1-11(15-8-5-13(18)9-16-15)17-20-10-12-3-6-14(19-2)7-4-12/h3-9,18H,10H2,1-2H3. The fourth-order valence-corrected chi connectivity index (χ4v) is 1.57. The molecule has 1 aromatic heterocycles. The lowest BCUT2D eigenvalue weighted by Crippen LogP contribution is -1.99. The number of hydrogen-bond acceptors (Lipinski definition) is 5. The van der Waals surface area contributed by atoms with Crippen molar-refractivity contribution >= 4 is 5.71 Å². The van der Waals surface area contributed by atoms with Crippen LogP contribution in [0.5, 0.6) is 11.5 Å². The number of pyridine rings is 1. The van der Waals surface area contributed by atoms with Crippen LogP contribution < -0.4 is 4.74 Å². The summed E-state index contributed by atoms with van der Waals surface area (Å²) < 4.78 is 5.08. The van der Waals surface area contributed by atoms with E-state index in [4.69, 9.17) is 14.7 Å². The lowest BCUT2D eigenvalue weighted by molar-refractivity contribution is 0.130. The molecule has 0 radical (unpaired) electrons. The second-order valence-corrected chi connectivity index (χ2v) is 4.20. The van der Waals surface area contributed by atoms with Crippen molar-refractivity contribution in [3.63, 3.8) is 0 Å². The van der Waals surface area contributed by atoms with E-state index >= 15 is 0 Å². The fourth-order valence-electron chi connectivity index (χ4n) is 1.57. The van der Waals surface area contributed by atoms with E-state index in [1.54, 1.807) is 26.2 Å². The molecule has 0 aliphatic rings. The smallest absolute Gasteiger partial charge is 0.142 e. The van der Waals surface area contributed by atoms with Crippen LogP contribution in [0.4, 0.5) is 0 Å². The van der Waals surface area contributed by atoms with Crippen molar-refractivity contribution < 1.29 is 14.7 Å². The molecule has 0 spiro atoms. The first kappa shape index (κ1) is 13.9. The number of methoxy groups -OCH3 is 1. The van der Waals surface area contributed by atoms with E-state index in [9.17, 15) is 0 Å². The van der Waals surface area contributed by atoms with Gasteiger partial charge in [-0.05, 0) is 36.8 Å². The van der Waals surface area contributed by atoms with Crippen LogP contribution >= 0.6 is 0 Å². The molecule has 1 heterocycles. The van der Waals surface area contributed by atoms with Crippen LogP contribution in [-0.4, -0.2) is 22.9 Å². The zero-order valence-corrected chi connectivity index (χ0v) is 11.4. The average Bonchev–Trinajstić information content (AvgIpc) is 2.48. The van der Waals surface area contributed by atoms with Gasteiger partial charge in [-0.3, -0.25) is 4.98 Å². The second kappa shape index (κ2) is 6.56. The van der Waals surface area contributed by atoms with Crippen LogP contribution in [0.15, 0.2) is 47.8 Å². The Morgan fingerprint density at radius 2 is 1.95 bits per heavy atom. The van der Waals surface area contributed by atoms with E-state index in [0.717, 1.165) is 11.3 Å². The summed E-state index contributed by atoms with van der Waals surface area (Å²) in [7, 11) is 1.63. The monoisotopic (exact) mass is 272 g/mol. The van der Waals surface area contributed by atoms with E-state index in [-0.39, 0.29) is 5.75 Å². The molecule has 0 unspecified atom stereocenters. The van der Waals surface area contributed by atoms with Gasteiger partial charge < -0.3 is 14.7 Å². The number of ether oxygens (including phenoxy) is 1. The highest BCUT2D eigenvalue weighted by Crippen LogP contribution is 2.12. The molecule has 0 saturated heterocycles. The second-order valence-electron chi connectivity index (χ2n) is 4.20.